The van der Waals surface area contributed by atoms with Crippen molar-refractivity contribution >= 4 is 22.1 Å². The highest BCUT2D eigenvalue weighted by Crippen LogP contribution is 2.40. The summed E-state index contributed by atoms with van der Waals surface area (Å²) in [5.41, 5.74) is 7.04. The molecule has 0 aromatic heterocycles. The van der Waals surface area contributed by atoms with Crippen LogP contribution in [0.2, 0.25) is 0 Å². The van der Waals surface area contributed by atoms with Gasteiger partial charge in [-0.2, -0.15) is 0 Å². The van der Waals surface area contributed by atoms with Gasteiger partial charge in [-0.05, 0) is 45.7 Å². The molecule has 2 aliphatic heterocycles. The number of rotatable bonds is 3. The normalized spacial score (nSPS) is 20.3. The molecule has 5 aromatic carbocycles. The van der Waals surface area contributed by atoms with Crippen LogP contribution in [0, 0.1) is 0 Å². The highest BCUT2D eigenvalue weighted by molar-refractivity contribution is 5.87. The van der Waals surface area contributed by atoms with Gasteiger partial charge in [0.15, 0.2) is 6.23 Å². The van der Waals surface area contributed by atoms with Crippen LogP contribution in [-0.4, -0.2) is 0 Å². The number of hydrogen-bond donors (Lipinski definition) is 3. The fourth-order valence-electron chi connectivity index (χ4n) is 5.27. The average molecular weight is 456 g/mol. The molecule has 0 fully saturated rings. The molecule has 0 radical (unpaired) electrons. The van der Waals surface area contributed by atoms with Crippen molar-refractivity contribution in [3.63, 3.8) is 0 Å². The van der Waals surface area contributed by atoms with Gasteiger partial charge in [-0.1, -0.05) is 97.1 Å². The monoisotopic (exact) mass is 455 g/mol. The summed E-state index contributed by atoms with van der Waals surface area (Å²) in [6.07, 6.45) is -0.185. The summed E-state index contributed by atoms with van der Waals surface area (Å²) in [6, 6.07) is 40.6. The number of fused-ring (bicyclic) bond motifs is 3. The summed E-state index contributed by atoms with van der Waals surface area (Å²) in [4.78, 5) is 0. The maximum atomic E-state index is 6.10. The van der Waals surface area contributed by atoms with E-state index in [4.69, 9.17) is 4.74 Å². The molecule has 0 bridgehead atoms. The van der Waals surface area contributed by atoms with Crippen molar-refractivity contribution in [3.05, 3.63) is 138 Å². The molecular weight excluding hydrogens is 430 g/mol. The second-order valence-corrected chi connectivity index (χ2v) is 9.14. The van der Waals surface area contributed by atoms with Crippen molar-refractivity contribution in [2.24, 2.45) is 0 Å². The van der Waals surface area contributed by atoms with Gasteiger partial charge in [0.25, 0.3) is 0 Å². The molecular formula is C31H25N3O. The zero-order valence-electron chi connectivity index (χ0n) is 19.1. The molecule has 0 amide bonds. The minimum Gasteiger partial charge on any atom is -0.464 e. The van der Waals surface area contributed by atoms with E-state index in [1.54, 1.807) is 0 Å². The Morgan fingerprint density at radius 2 is 1.23 bits per heavy atom. The lowest BCUT2D eigenvalue weighted by Crippen LogP contribution is -2.37. The number of nitrogens with one attached hydrogen (secondary N) is 3. The highest BCUT2D eigenvalue weighted by Gasteiger charge is 2.29. The Morgan fingerprint density at radius 1 is 0.543 bits per heavy atom. The molecule has 2 heterocycles. The first kappa shape index (κ1) is 20.1. The van der Waals surface area contributed by atoms with Crippen LogP contribution >= 0.6 is 0 Å². The van der Waals surface area contributed by atoms with Gasteiger partial charge in [-0.25, -0.2) is 0 Å². The van der Waals surface area contributed by atoms with Gasteiger partial charge in [-0.15, -0.1) is 0 Å². The first-order valence-electron chi connectivity index (χ1n) is 12.0. The molecule has 3 unspecified atom stereocenters. The summed E-state index contributed by atoms with van der Waals surface area (Å²) >= 11 is 0. The molecule has 2 aliphatic rings. The van der Waals surface area contributed by atoms with E-state index in [0.29, 0.717) is 0 Å². The second-order valence-electron chi connectivity index (χ2n) is 9.14. The SMILES string of the molecule is c1ccc2c(c1)NC(c1ccc(C3Nc4ccccc4C(c4cccc5ccccc45)N3)cc1)O2. The minimum atomic E-state index is -0.169. The maximum Gasteiger partial charge on any atom is 0.196 e. The molecule has 0 saturated heterocycles. The van der Waals surface area contributed by atoms with Crippen LogP contribution in [0.5, 0.6) is 5.75 Å². The van der Waals surface area contributed by atoms with Crippen LogP contribution in [0.3, 0.4) is 0 Å². The number of para-hydroxylation sites is 3. The molecule has 4 nitrogen and oxygen atoms in total. The third kappa shape index (κ3) is 3.50. The Bertz CT molecular complexity index is 1500. The second kappa shape index (κ2) is 8.19. The van der Waals surface area contributed by atoms with Crippen LogP contribution < -0.4 is 20.7 Å². The van der Waals surface area contributed by atoms with Crippen LogP contribution in [0.4, 0.5) is 11.4 Å². The Morgan fingerprint density at radius 3 is 2.11 bits per heavy atom. The smallest absolute Gasteiger partial charge is 0.196 e. The van der Waals surface area contributed by atoms with E-state index in [9.17, 15) is 0 Å². The van der Waals surface area contributed by atoms with Crippen molar-refractivity contribution in [3.8, 4) is 5.75 Å². The number of ether oxygens (including phenoxy) is 1. The van der Waals surface area contributed by atoms with Crippen LogP contribution in [-0.2, 0) is 0 Å². The molecule has 3 N–H and O–H groups in total. The largest absolute Gasteiger partial charge is 0.464 e. The molecule has 4 heteroatoms. The van der Waals surface area contributed by atoms with Crippen molar-refractivity contribution in [2.45, 2.75) is 18.4 Å². The van der Waals surface area contributed by atoms with Crippen molar-refractivity contribution in [1.29, 1.82) is 0 Å². The summed E-state index contributed by atoms with van der Waals surface area (Å²) in [7, 11) is 0. The van der Waals surface area contributed by atoms with Gasteiger partial charge >= 0.3 is 0 Å². The molecule has 0 aliphatic carbocycles. The fourth-order valence-corrected chi connectivity index (χ4v) is 5.27. The van der Waals surface area contributed by atoms with Crippen molar-refractivity contribution in [2.75, 3.05) is 10.6 Å². The zero-order chi connectivity index (χ0) is 23.2. The predicted octanol–water partition coefficient (Wildman–Crippen LogP) is 7.15. The Kier molecular flexibility index (Phi) is 4.71. The summed E-state index contributed by atoms with van der Waals surface area (Å²) in [6.45, 7) is 0. The Labute approximate surface area is 204 Å². The Hall–Kier alpha value is -4.28. The van der Waals surface area contributed by atoms with Gasteiger partial charge in [0.1, 0.15) is 11.9 Å². The topological polar surface area (TPSA) is 45.3 Å². The zero-order valence-corrected chi connectivity index (χ0v) is 19.1. The van der Waals surface area contributed by atoms with E-state index in [-0.39, 0.29) is 18.4 Å². The minimum absolute atomic E-state index is 0.0161. The van der Waals surface area contributed by atoms with E-state index in [0.717, 1.165) is 22.7 Å². The first-order chi connectivity index (χ1) is 17.3. The van der Waals surface area contributed by atoms with Crippen LogP contribution in [0.25, 0.3) is 10.8 Å². The van der Waals surface area contributed by atoms with Gasteiger partial charge in [0.2, 0.25) is 0 Å². The van der Waals surface area contributed by atoms with Crippen molar-refractivity contribution < 1.29 is 4.74 Å². The van der Waals surface area contributed by atoms with E-state index in [1.807, 2.05) is 24.3 Å². The van der Waals surface area contributed by atoms with E-state index < -0.39 is 0 Å². The molecule has 3 atom stereocenters. The van der Waals surface area contributed by atoms with E-state index in [1.165, 1.54) is 27.5 Å². The lowest BCUT2D eigenvalue weighted by Gasteiger charge is -2.36. The molecule has 170 valence electrons. The lowest BCUT2D eigenvalue weighted by atomic mass is 9.90. The summed E-state index contributed by atoms with van der Waals surface area (Å²) in [5.74, 6) is 0.895. The highest BCUT2D eigenvalue weighted by atomic mass is 16.5. The number of anilines is 2. The Balaban J connectivity index is 1.21. The maximum absolute atomic E-state index is 6.10. The fraction of sp³-hybridized carbons (Fsp3) is 0.0968. The molecule has 5 aromatic rings. The predicted molar refractivity (Wildman–Crippen MR) is 142 cm³/mol. The van der Waals surface area contributed by atoms with Gasteiger partial charge in [0, 0.05) is 11.3 Å². The van der Waals surface area contributed by atoms with Gasteiger partial charge in [-0.3, -0.25) is 5.32 Å². The summed E-state index contributed by atoms with van der Waals surface area (Å²) in [5, 5.41) is 13.6. The standard InChI is InChI=1S/C31H25N3O/c1-2-10-23-20(8-1)9-7-12-24(23)29-25-11-3-4-13-26(25)32-30(34-29)21-16-18-22(19-17-21)31-33-27-14-5-6-15-28(27)35-31/h1-19,29-34H. The number of hydrogen-bond acceptors (Lipinski definition) is 4. The molecule has 0 saturated carbocycles. The average Bonchev–Trinajstić information content (AvgIpc) is 3.37. The van der Waals surface area contributed by atoms with Gasteiger partial charge in [0.05, 0.1) is 11.7 Å². The van der Waals surface area contributed by atoms with E-state index in [2.05, 4.69) is 107 Å². The van der Waals surface area contributed by atoms with Crippen LogP contribution in [0.15, 0.2) is 115 Å². The molecule has 0 spiro atoms. The lowest BCUT2D eigenvalue weighted by molar-refractivity contribution is 0.260. The molecule has 35 heavy (non-hydrogen) atoms. The van der Waals surface area contributed by atoms with Crippen molar-refractivity contribution in [1.82, 2.24) is 5.32 Å². The van der Waals surface area contributed by atoms with Gasteiger partial charge < -0.3 is 15.4 Å². The first-order valence-corrected chi connectivity index (χ1v) is 12.0. The third-order valence-electron chi connectivity index (χ3n) is 7.03. The summed E-state index contributed by atoms with van der Waals surface area (Å²) < 4.78 is 6.10. The number of benzene rings is 5. The third-order valence-corrected chi connectivity index (χ3v) is 7.03. The van der Waals surface area contributed by atoms with E-state index >= 15 is 0 Å². The molecule has 7 rings (SSSR count). The van der Waals surface area contributed by atoms with Crippen LogP contribution in [0.1, 0.15) is 40.7 Å². The quantitative estimate of drug-likeness (QED) is 0.270.